The Morgan fingerprint density at radius 2 is 1.54 bits per heavy atom. The SMILES string of the molecule is CN(CCc1ccccc1)C1CCN(C(=O)c2ccc([N+](=O)[O-])cc2)CC1.O=C(O)C=CC(=O)O. The van der Waals surface area contributed by atoms with Crippen molar-refractivity contribution < 1.29 is 29.5 Å². The van der Waals surface area contributed by atoms with Crippen LogP contribution in [0.5, 0.6) is 0 Å². The predicted octanol–water partition coefficient (Wildman–Crippen LogP) is 3.09. The van der Waals surface area contributed by atoms with Gasteiger partial charge in [-0.25, -0.2) is 9.59 Å². The van der Waals surface area contributed by atoms with Crippen molar-refractivity contribution in [3.63, 3.8) is 0 Å². The number of amides is 1. The molecule has 0 unspecified atom stereocenters. The number of carbonyl (C=O) groups is 3. The Morgan fingerprint density at radius 1 is 1.00 bits per heavy atom. The first-order chi connectivity index (χ1) is 16.7. The average molecular weight is 484 g/mol. The van der Waals surface area contributed by atoms with Crippen LogP contribution in [0.25, 0.3) is 0 Å². The molecule has 1 aliphatic rings. The highest BCUT2D eigenvalue weighted by molar-refractivity contribution is 5.94. The summed E-state index contributed by atoms with van der Waals surface area (Å²) in [5, 5.41) is 26.4. The summed E-state index contributed by atoms with van der Waals surface area (Å²) in [6.07, 6.45) is 4.04. The third kappa shape index (κ3) is 9.38. The van der Waals surface area contributed by atoms with Crippen LogP contribution in [-0.4, -0.2) is 75.5 Å². The molecule has 0 aliphatic carbocycles. The fraction of sp³-hybridized carbons (Fsp3) is 0.320. The number of carboxylic acid groups (broad SMARTS) is 2. The molecule has 0 bridgehead atoms. The second-order valence-electron chi connectivity index (χ2n) is 8.05. The molecule has 1 amide bonds. The number of hydrogen-bond acceptors (Lipinski definition) is 6. The molecule has 2 aromatic carbocycles. The van der Waals surface area contributed by atoms with Crippen molar-refractivity contribution in [2.45, 2.75) is 25.3 Å². The van der Waals surface area contributed by atoms with E-state index in [9.17, 15) is 24.5 Å². The summed E-state index contributed by atoms with van der Waals surface area (Å²) in [4.78, 5) is 46.2. The molecule has 1 saturated heterocycles. The lowest BCUT2D eigenvalue weighted by atomic mass is 10.0. The molecule has 35 heavy (non-hydrogen) atoms. The molecule has 0 radical (unpaired) electrons. The maximum absolute atomic E-state index is 12.6. The van der Waals surface area contributed by atoms with Crippen LogP contribution in [0.15, 0.2) is 66.7 Å². The number of likely N-dealkylation sites (N-methyl/N-ethyl adjacent to an activating group) is 1. The minimum atomic E-state index is -1.26. The minimum absolute atomic E-state index is 0.00491. The van der Waals surface area contributed by atoms with Crippen molar-refractivity contribution in [1.82, 2.24) is 9.80 Å². The first kappa shape index (κ1) is 27.2. The van der Waals surface area contributed by atoms with Crippen molar-refractivity contribution in [3.05, 3.63) is 88.0 Å². The number of carboxylic acids is 2. The van der Waals surface area contributed by atoms with Gasteiger partial charge >= 0.3 is 11.9 Å². The maximum atomic E-state index is 12.6. The van der Waals surface area contributed by atoms with Gasteiger partial charge in [0.2, 0.25) is 0 Å². The van der Waals surface area contributed by atoms with Gasteiger partial charge in [-0.05, 0) is 44.0 Å². The number of carbonyl (C=O) groups excluding carboxylic acids is 1. The van der Waals surface area contributed by atoms with E-state index in [4.69, 9.17) is 10.2 Å². The third-order valence-corrected chi connectivity index (χ3v) is 5.66. The van der Waals surface area contributed by atoms with Gasteiger partial charge in [0, 0.05) is 55.5 Å². The van der Waals surface area contributed by atoms with Gasteiger partial charge in [0.25, 0.3) is 11.6 Å². The molecule has 2 aromatic rings. The Kier molecular flexibility index (Phi) is 10.6. The number of non-ortho nitro benzene ring substituents is 1. The van der Waals surface area contributed by atoms with E-state index in [-0.39, 0.29) is 11.6 Å². The van der Waals surface area contributed by atoms with E-state index < -0.39 is 16.9 Å². The van der Waals surface area contributed by atoms with Gasteiger partial charge in [-0.15, -0.1) is 0 Å². The highest BCUT2D eigenvalue weighted by Gasteiger charge is 2.26. The normalized spacial score (nSPS) is 13.8. The predicted molar refractivity (Wildman–Crippen MR) is 129 cm³/mol. The van der Waals surface area contributed by atoms with Crippen molar-refractivity contribution >= 4 is 23.5 Å². The van der Waals surface area contributed by atoms with Gasteiger partial charge in [0.15, 0.2) is 0 Å². The van der Waals surface area contributed by atoms with E-state index in [2.05, 4.69) is 36.2 Å². The summed E-state index contributed by atoms with van der Waals surface area (Å²) in [5.74, 6) is -2.56. The maximum Gasteiger partial charge on any atom is 0.328 e. The Morgan fingerprint density at radius 3 is 2.03 bits per heavy atom. The zero-order chi connectivity index (χ0) is 25.8. The van der Waals surface area contributed by atoms with Gasteiger partial charge in [-0.2, -0.15) is 0 Å². The molecule has 1 aliphatic heterocycles. The van der Waals surface area contributed by atoms with Crippen molar-refractivity contribution in [2.24, 2.45) is 0 Å². The summed E-state index contributed by atoms with van der Waals surface area (Å²) in [5.41, 5.74) is 1.86. The summed E-state index contributed by atoms with van der Waals surface area (Å²) in [6, 6.07) is 16.8. The molecule has 0 saturated carbocycles. The zero-order valence-electron chi connectivity index (χ0n) is 19.4. The fourth-order valence-corrected chi connectivity index (χ4v) is 3.69. The van der Waals surface area contributed by atoms with Crippen LogP contribution >= 0.6 is 0 Å². The quantitative estimate of drug-likeness (QED) is 0.331. The van der Waals surface area contributed by atoms with Crippen LogP contribution in [0.3, 0.4) is 0 Å². The fourth-order valence-electron chi connectivity index (χ4n) is 3.69. The van der Waals surface area contributed by atoms with Gasteiger partial charge in [0.05, 0.1) is 4.92 Å². The number of likely N-dealkylation sites (tertiary alicyclic amines) is 1. The summed E-state index contributed by atoms with van der Waals surface area (Å²) >= 11 is 0. The van der Waals surface area contributed by atoms with Gasteiger partial charge < -0.3 is 20.0 Å². The first-order valence-electron chi connectivity index (χ1n) is 11.1. The highest BCUT2D eigenvalue weighted by Crippen LogP contribution is 2.19. The summed E-state index contributed by atoms with van der Waals surface area (Å²) < 4.78 is 0. The molecule has 0 aromatic heterocycles. The molecule has 3 rings (SSSR count). The van der Waals surface area contributed by atoms with Crippen LogP contribution in [0, 0.1) is 10.1 Å². The van der Waals surface area contributed by atoms with Crippen LogP contribution in [0.4, 0.5) is 5.69 Å². The number of rotatable bonds is 8. The smallest absolute Gasteiger partial charge is 0.328 e. The lowest BCUT2D eigenvalue weighted by Gasteiger charge is -2.37. The lowest BCUT2D eigenvalue weighted by molar-refractivity contribution is -0.384. The summed E-state index contributed by atoms with van der Waals surface area (Å²) in [6.45, 7) is 2.44. The van der Waals surface area contributed by atoms with E-state index >= 15 is 0 Å². The standard InChI is InChI=1S/C21H25N3O3.C4H4O4/c1-22(14-11-17-5-3-2-4-6-17)19-12-15-23(16-13-19)21(25)18-7-9-20(10-8-18)24(26)27;5-3(6)1-2-4(7)8/h2-10,19H,11-16H2,1H3;1-2H,(H,5,6)(H,7,8). The summed E-state index contributed by atoms with van der Waals surface area (Å²) in [7, 11) is 2.15. The highest BCUT2D eigenvalue weighted by atomic mass is 16.6. The molecular formula is C25H29N3O7. The molecule has 0 spiro atoms. The Labute approximate surface area is 203 Å². The van der Waals surface area contributed by atoms with Crippen LogP contribution in [-0.2, 0) is 16.0 Å². The van der Waals surface area contributed by atoms with Crippen molar-refractivity contribution in [1.29, 1.82) is 0 Å². The van der Waals surface area contributed by atoms with E-state index in [1.54, 1.807) is 12.1 Å². The molecule has 2 N–H and O–H groups in total. The molecule has 10 nitrogen and oxygen atoms in total. The molecule has 10 heteroatoms. The number of nitrogens with zero attached hydrogens (tertiary/aromatic N) is 3. The van der Waals surface area contributed by atoms with Gasteiger partial charge in [-0.1, -0.05) is 30.3 Å². The minimum Gasteiger partial charge on any atom is -0.478 e. The zero-order valence-corrected chi connectivity index (χ0v) is 19.4. The Balaban J connectivity index is 0.000000466. The first-order valence-corrected chi connectivity index (χ1v) is 11.1. The molecule has 0 atom stereocenters. The lowest BCUT2D eigenvalue weighted by Crippen LogP contribution is -2.46. The second kappa shape index (κ2) is 13.6. The van der Waals surface area contributed by atoms with Gasteiger partial charge in [0.1, 0.15) is 0 Å². The van der Waals surface area contributed by atoms with E-state index in [0.29, 0.717) is 23.8 Å². The molecule has 186 valence electrons. The Bertz CT molecular complexity index is 1010. The average Bonchev–Trinajstić information content (AvgIpc) is 2.86. The van der Waals surface area contributed by atoms with Gasteiger partial charge in [-0.3, -0.25) is 14.9 Å². The number of piperidine rings is 1. The van der Waals surface area contributed by atoms with Crippen LogP contribution < -0.4 is 0 Å². The van der Waals surface area contributed by atoms with E-state index in [0.717, 1.165) is 38.9 Å². The number of nitro groups is 1. The van der Waals surface area contributed by atoms with E-state index in [1.807, 2.05) is 11.0 Å². The monoisotopic (exact) mass is 483 g/mol. The van der Waals surface area contributed by atoms with Crippen LogP contribution in [0.1, 0.15) is 28.8 Å². The van der Waals surface area contributed by atoms with Crippen LogP contribution in [0.2, 0.25) is 0 Å². The number of benzene rings is 2. The van der Waals surface area contributed by atoms with Crippen molar-refractivity contribution in [2.75, 3.05) is 26.7 Å². The Hall–Kier alpha value is -4.05. The number of nitro benzene ring substituents is 1. The topological polar surface area (TPSA) is 141 Å². The third-order valence-electron chi connectivity index (χ3n) is 5.66. The molecule has 1 fully saturated rings. The molecular weight excluding hydrogens is 454 g/mol. The number of aliphatic carboxylic acids is 2. The molecule has 1 heterocycles. The van der Waals surface area contributed by atoms with Crippen molar-refractivity contribution in [3.8, 4) is 0 Å². The second-order valence-corrected chi connectivity index (χ2v) is 8.05. The van der Waals surface area contributed by atoms with E-state index in [1.165, 1.54) is 17.7 Å². The number of hydrogen-bond donors (Lipinski definition) is 2. The largest absolute Gasteiger partial charge is 0.478 e.